The zero-order chi connectivity index (χ0) is 20.2. The zero-order valence-corrected chi connectivity index (χ0v) is 15.7. The molecule has 0 unspecified atom stereocenters. The van der Waals surface area contributed by atoms with Crippen molar-refractivity contribution in [3.63, 3.8) is 0 Å². The van der Waals surface area contributed by atoms with Gasteiger partial charge in [0.05, 0.1) is 16.8 Å². The molecule has 1 aromatic rings. The molecule has 0 atom stereocenters. The van der Waals surface area contributed by atoms with Gasteiger partial charge in [0.15, 0.2) is 0 Å². The number of rotatable bonds is 2. The molecular weight excluding hydrogens is 365 g/mol. The van der Waals surface area contributed by atoms with Crippen LogP contribution in [-0.2, 0) is 9.31 Å². The average molecular weight is 387 g/mol. The summed E-state index contributed by atoms with van der Waals surface area (Å²) >= 11 is 0. The summed E-state index contributed by atoms with van der Waals surface area (Å²) in [5.74, 6) is -5.42. The van der Waals surface area contributed by atoms with E-state index in [2.05, 4.69) is 0 Å². The number of benzene rings is 1. The monoisotopic (exact) mass is 387 g/mol. The van der Waals surface area contributed by atoms with Gasteiger partial charge in [-0.25, -0.2) is 17.6 Å². The fraction of sp³-hybridized carbons (Fsp3) is 0.611. The van der Waals surface area contributed by atoms with Gasteiger partial charge in [-0.3, -0.25) is 4.79 Å². The molecule has 0 bridgehead atoms. The summed E-state index contributed by atoms with van der Waals surface area (Å²) in [4.78, 5) is 13.5. The molecule has 0 N–H and O–H groups in total. The number of hydrogen-bond donors (Lipinski definition) is 0. The van der Waals surface area contributed by atoms with Crippen LogP contribution < -0.4 is 5.46 Å². The maximum atomic E-state index is 14.6. The van der Waals surface area contributed by atoms with Crippen LogP contribution >= 0.6 is 0 Å². The fourth-order valence-corrected chi connectivity index (χ4v) is 3.08. The highest BCUT2D eigenvalue weighted by atomic mass is 19.3. The number of hydrogen-bond acceptors (Lipinski definition) is 3. The molecule has 2 aliphatic heterocycles. The lowest BCUT2D eigenvalue weighted by molar-refractivity contribution is -0.0494. The van der Waals surface area contributed by atoms with Crippen LogP contribution in [0, 0.1) is 11.6 Å². The molecule has 1 aromatic carbocycles. The number of amides is 1. The third-order valence-corrected chi connectivity index (χ3v) is 5.61. The lowest BCUT2D eigenvalue weighted by atomic mass is 9.78. The summed E-state index contributed by atoms with van der Waals surface area (Å²) in [6, 6.07) is 1.66. The van der Waals surface area contributed by atoms with Crippen molar-refractivity contribution >= 4 is 18.5 Å². The fourth-order valence-electron chi connectivity index (χ4n) is 3.08. The van der Waals surface area contributed by atoms with E-state index in [0.29, 0.717) is 0 Å². The number of nitrogens with zero attached hydrogens (tertiary/aromatic N) is 1. The Kier molecular flexibility index (Phi) is 4.83. The smallest absolute Gasteiger partial charge is 0.399 e. The molecule has 148 valence electrons. The molecule has 9 heteroatoms. The molecule has 4 nitrogen and oxygen atoms in total. The van der Waals surface area contributed by atoms with E-state index in [-0.39, 0.29) is 18.6 Å². The number of alkyl halides is 2. The Morgan fingerprint density at radius 3 is 2.04 bits per heavy atom. The van der Waals surface area contributed by atoms with Crippen molar-refractivity contribution in [2.75, 3.05) is 13.1 Å². The first kappa shape index (κ1) is 20.1. The van der Waals surface area contributed by atoms with Crippen LogP contribution in [0.3, 0.4) is 0 Å². The third-order valence-electron chi connectivity index (χ3n) is 5.61. The second kappa shape index (κ2) is 6.48. The maximum absolute atomic E-state index is 14.6. The lowest BCUT2D eigenvalue weighted by Gasteiger charge is -2.32. The van der Waals surface area contributed by atoms with Crippen molar-refractivity contribution in [3.05, 3.63) is 29.3 Å². The number of halogens is 4. The molecule has 2 aliphatic rings. The highest BCUT2D eigenvalue weighted by Gasteiger charge is 2.52. The quantitative estimate of drug-likeness (QED) is 0.578. The van der Waals surface area contributed by atoms with Crippen molar-refractivity contribution in [1.29, 1.82) is 0 Å². The molecule has 2 heterocycles. The molecule has 2 fully saturated rings. The van der Waals surface area contributed by atoms with Gasteiger partial charge >= 0.3 is 7.12 Å². The third kappa shape index (κ3) is 3.71. The zero-order valence-electron chi connectivity index (χ0n) is 15.7. The predicted octanol–water partition coefficient (Wildman–Crippen LogP) is 3.14. The van der Waals surface area contributed by atoms with Crippen LogP contribution in [0.1, 0.15) is 50.9 Å². The molecule has 0 aromatic heterocycles. The molecule has 2 saturated heterocycles. The predicted molar refractivity (Wildman–Crippen MR) is 92.2 cm³/mol. The molecule has 0 saturated carbocycles. The average Bonchev–Trinajstić information content (AvgIpc) is 2.76. The second-order valence-corrected chi connectivity index (χ2v) is 8.09. The van der Waals surface area contributed by atoms with Crippen LogP contribution in [0.2, 0.25) is 0 Å². The summed E-state index contributed by atoms with van der Waals surface area (Å²) < 4.78 is 67.1. The van der Waals surface area contributed by atoms with Crippen LogP contribution in [0.5, 0.6) is 0 Å². The highest BCUT2D eigenvalue weighted by Crippen LogP contribution is 2.37. The van der Waals surface area contributed by atoms with Gasteiger partial charge in [-0.2, -0.15) is 0 Å². The second-order valence-electron chi connectivity index (χ2n) is 8.09. The number of carbonyl (C=O) groups excluding carboxylic acids is 1. The van der Waals surface area contributed by atoms with Gasteiger partial charge < -0.3 is 14.2 Å². The summed E-state index contributed by atoms with van der Waals surface area (Å²) in [6.07, 6.45) is -0.982. The number of likely N-dealkylation sites (tertiary alicyclic amines) is 1. The largest absolute Gasteiger partial charge is 0.497 e. The maximum Gasteiger partial charge on any atom is 0.497 e. The van der Waals surface area contributed by atoms with E-state index < -0.39 is 60.2 Å². The van der Waals surface area contributed by atoms with Crippen molar-refractivity contribution in [2.45, 2.75) is 57.7 Å². The Bertz CT molecular complexity index is 743. The van der Waals surface area contributed by atoms with Gasteiger partial charge in [0.1, 0.15) is 11.6 Å². The van der Waals surface area contributed by atoms with Crippen molar-refractivity contribution in [2.24, 2.45) is 0 Å². The van der Waals surface area contributed by atoms with Crippen LogP contribution in [-0.4, -0.2) is 48.1 Å². The van der Waals surface area contributed by atoms with Crippen molar-refractivity contribution < 1.29 is 31.7 Å². The first-order valence-corrected chi connectivity index (χ1v) is 8.85. The Balaban J connectivity index is 1.83. The molecular formula is C18H22BF4NO3. The van der Waals surface area contributed by atoms with Gasteiger partial charge in [0.25, 0.3) is 11.8 Å². The molecule has 0 spiro atoms. The normalized spacial score (nSPS) is 23.6. The van der Waals surface area contributed by atoms with E-state index >= 15 is 0 Å². The van der Waals surface area contributed by atoms with E-state index in [4.69, 9.17) is 9.31 Å². The topological polar surface area (TPSA) is 38.8 Å². The summed E-state index contributed by atoms with van der Waals surface area (Å²) in [7, 11) is -1.11. The van der Waals surface area contributed by atoms with Gasteiger partial charge in [0, 0.05) is 31.4 Å². The molecule has 1 amide bonds. The first-order chi connectivity index (χ1) is 12.3. The van der Waals surface area contributed by atoms with Gasteiger partial charge in [0.2, 0.25) is 0 Å². The lowest BCUT2D eigenvalue weighted by Crippen LogP contribution is -2.43. The minimum atomic E-state index is -2.83. The number of piperidine rings is 1. The highest BCUT2D eigenvalue weighted by molar-refractivity contribution is 6.62. The Hall–Kier alpha value is -1.61. The van der Waals surface area contributed by atoms with Crippen molar-refractivity contribution in [1.82, 2.24) is 4.90 Å². The first-order valence-electron chi connectivity index (χ1n) is 8.85. The SMILES string of the molecule is CC1(C)OB(c2cc(F)c(C(=O)N3CCC(F)(F)CC3)cc2F)OC1(C)C. The summed E-state index contributed by atoms with van der Waals surface area (Å²) in [6.45, 7) is 6.73. The minimum absolute atomic E-state index is 0.145. The van der Waals surface area contributed by atoms with E-state index in [1.54, 1.807) is 27.7 Å². The summed E-state index contributed by atoms with van der Waals surface area (Å²) in [5.41, 5.74) is -2.09. The van der Waals surface area contributed by atoms with Crippen LogP contribution in [0.4, 0.5) is 17.6 Å². The van der Waals surface area contributed by atoms with E-state index in [9.17, 15) is 22.4 Å². The molecule has 0 radical (unpaired) electrons. The molecule has 27 heavy (non-hydrogen) atoms. The van der Waals surface area contributed by atoms with Gasteiger partial charge in [-0.05, 0) is 39.8 Å². The summed E-state index contributed by atoms with van der Waals surface area (Å²) in [5, 5.41) is 0. The van der Waals surface area contributed by atoms with Gasteiger partial charge in [-0.1, -0.05) is 0 Å². The standard InChI is InChI=1S/C18H22BF4NO3/c1-16(2)17(3,4)27-19(26-16)12-10-13(20)11(9-14(12)21)15(25)24-7-5-18(22,23)6-8-24/h9-10H,5-8H2,1-4H3. The Morgan fingerprint density at radius 2 is 1.52 bits per heavy atom. The Morgan fingerprint density at radius 1 is 1.00 bits per heavy atom. The minimum Gasteiger partial charge on any atom is -0.399 e. The van der Waals surface area contributed by atoms with Crippen LogP contribution in [0.25, 0.3) is 0 Å². The van der Waals surface area contributed by atoms with E-state index in [0.717, 1.165) is 17.0 Å². The van der Waals surface area contributed by atoms with Crippen molar-refractivity contribution in [3.8, 4) is 0 Å². The molecule has 3 rings (SSSR count). The van der Waals surface area contributed by atoms with E-state index in [1.165, 1.54) is 0 Å². The number of carbonyl (C=O) groups is 1. The molecule has 0 aliphatic carbocycles. The Labute approximate surface area is 156 Å². The van der Waals surface area contributed by atoms with E-state index in [1.807, 2.05) is 0 Å². The van der Waals surface area contributed by atoms with Crippen LogP contribution in [0.15, 0.2) is 12.1 Å². The van der Waals surface area contributed by atoms with Gasteiger partial charge in [-0.15, -0.1) is 0 Å².